The minimum Gasteiger partial charge on any atom is -0.369 e. The number of nitrogens with one attached hydrogen (secondary N) is 1. The van der Waals surface area contributed by atoms with Crippen molar-refractivity contribution in [3.8, 4) is 0 Å². The number of hydrogen-bond acceptors (Lipinski definition) is 4. The lowest BCUT2D eigenvalue weighted by molar-refractivity contribution is 0.439. The van der Waals surface area contributed by atoms with Gasteiger partial charge in [-0.05, 0) is 18.3 Å². The fourth-order valence-corrected chi connectivity index (χ4v) is 2.86. The van der Waals surface area contributed by atoms with Crippen LogP contribution in [0.1, 0.15) is 26.2 Å². The summed E-state index contributed by atoms with van der Waals surface area (Å²) in [5.41, 5.74) is 0.881. The van der Waals surface area contributed by atoms with Crippen molar-refractivity contribution in [2.45, 2.75) is 26.2 Å². The van der Waals surface area contributed by atoms with Gasteiger partial charge in [-0.15, -0.1) is 0 Å². The molecular weight excluding hydrogens is 226 g/mol. The zero-order valence-electron chi connectivity index (χ0n) is 10.9. The van der Waals surface area contributed by atoms with Crippen molar-refractivity contribution in [3.05, 3.63) is 12.5 Å². The summed E-state index contributed by atoms with van der Waals surface area (Å²) in [6, 6.07) is 0. The third-order valence-electron chi connectivity index (χ3n) is 4.10. The lowest BCUT2D eigenvalue weighted by Gasteiger charge is -2.16. The van der Waals surface area contributed by atoms with Crippen molar-refractivity contribution in [3.63, 3.8) is 0 Å². The topological polar surface area (TPSA) is 55.6 Å². The van der Waals surface area contributed by atoms with E-state index in [2.05, 4.69) is 27.3 Å². The van der Waals surface area contributed by atoms with Gasteiger partial charge >= 0.3 is 0 Å². The van der Waals surface area contributed by atoms with Crippen molar-refractivity contribution < 1.29 is 0 Å². The monoisotopic (exact) mass is 245 g/mol. The molecule has 2 atom stereocenters. The first kappa shape index (κ1) is 11.4. The van der Waals surface area contributed by atoms with Gasteiger partial charge in [0.2, 0.25) is 0 Å². The standard InChI is InChI=1S/C13H19N5/c1-9-4-3-5-10(9)6-14-12-11-7-17-18(2)13(11)16-8-15-12/h7-10H,3-6H2,1-2H3,(H,14,15,16). The smallest absolute Gasteiger partial charge is 0.163 e. The van der Waals surface area contributed by atoms with Crippen LogP contribution in [-0.4, -0.2) is 26.3 Å². The van der Waals surface area contributed by atoms with Crippen molar-refractivity contribution in [1.82, 2.24) is 19.7 Å². The molecule has 2 unspecified atom stereocenters. The molecule has 1 N–H and O–H groups in total. The number of nitrogens with zero attached hydrogens (tertiary/aromatic N) is 4. The molecule has 2 aromatic rings. The summed E-state index contributed by atoms with van der Waals surface area (Å²) in [6.45, 7) is 3.35. The van der Waals surface area contributed by atoms with Crippen LogP contribution in [0.15, 0.2) is 12.5 Å². The molecule has 5 heteroatoms. The van der Waals surface area contributed by atoms with E-state index < -0.39 is 0 Å². The van der Waals surface area contributed by atoms with Gasteiger partial charge in [0.1, 0.15) is 12.1 Å². The van der Waals surface area contributed by atoms with Crippen LogP contribution in [0.2, 0.25) is 0 Å². The third kappa shape index (κ3) is 1.94. The highest BCUT2D eigenvalue weighted by atomic mass is 15.3. The Morgan fingerprint density at radius 2 is 2.28 bits per heavy atom. The quantitative estimate of drug-likeness (QED) is 0.900. The van der Waals surface area contributed by atoms with Crippen LogP contribution in [0.25, 0.3) is 11.0 Å². The molecule has 3 rings (SSSR count). The lowest BCUT2D eigenvalue weighted by atomic mass is 9.98. The molecule has 18 heavy (non-hydrogen) atoms. The van der Waals surface area contributed by atoms with E-state index in [-0.39, 0.29) is 0 Å². The predicted molar refractivity (Wildman–Crippen MR) is 71.3 cm³/mol. The van der Waals surface area contributed by atoms with E-state index in [1.807, 2.05) is 13.2 Å². The summed E-state index contributed by atoms with van der Waals surface area (Å²) in [4.78, 5) is 8.58. The Morgan fingerprint density at radius 3 is 3.06 bits per heavy atom. The number of rotatable bonds is 3. The van der Waals surface area contributed by atoms with Gasteiger partial charge in [0.05, 0.1) is 11.6 Å². The molecule has 1 aliphatic carbocycles. The molecule has 0 amide bonds. The third-order valence-corrected chi connectivity index (χ3v) is 4.10. The van der Waals surface area contributed by atoms with E-state index in [1.54, 1.807) is 11.0 Å². The maximum absolute atomic E-state index is 4.33. The Hall–Kier alpha value is -1.65. The van der Waals surface area contributed by atoms with E-state index in [1.165, 1.54) is 19.3 Å². The molecule has 5 nitrogen and oxygen atoms in total. The number of fused-ring (bicyclic) bond motifs is 1. The molecule has 0 saturated heterocycles. The van der Waals surface area contributed by atoms with Crippen LogP contribution in [-0.2, 0) is 7.05 Å². The number of aromatic nitrogens is 4. The van der Waals surface area contributed by atoms with Crippen molar-refractivity contribution in [1.29, 1.82) is 0 Å². The van der Waals surface area contributed by atoms with Gasteiger partial charge in [-0.1, -0.05) is 19.8 Å². The highest BCUT2D eigenvalue weighted by molar-refractivity contribution is 5.85. The maximum Gasteiger partial charge on any atom is 0.163 e. The molecule has 0 radical (unpaired) electrons. The van der Waals surface area contributed by atoms with Gasteiger partial charge in [-0.2, -0.15) is 5.10 Å². The highest BCUT2D eigenvalue weighted by Gasteiger charge is 2.23. The molecule has 0 aliphatic heterocycles. The summed E-state index contributed by atoms with van der Waals surface area (Å²) < 4.78 is 1.78. The second kappa shape index (κ2) is 4.55. The van der Waals surface area contributed by atoms with Gasteiger partial charge in [-0.25, -0.2) is 9.97 Å². The Balaban J connectivity index is 1.78. The Kier molecular flexibility index (Phi) is 2.89. The van der Waals surface area contributed by atoms with Crippen molar-refractivity contribution in [2.24, 2.45) is 18.9 Å². The van der Waals surface area contributed by atoms with Gasteiger partial charge in [0.15, 0.2) is 5.65 Å². The van der Waals surface area contributed by atoms with Crippen LogP contribution in [0.5, 0.6) is 0 Å². The first-order valence-electron chi connectivity index (χ1n) is 6.62. The Labute approximate surface area is 107 Å². The SMILES string of the molecule is CC1CCCC1CNc1ncnc2c1cnn2C. The van der Waals surface area contributed by atoms with Gasteiger partial charge in [0.25, 0.3) is 0 Å². The molecule has 2 heterocycles. The number of aryl methyl sites for hydroxylation is 1. The van der Waals surface area contributed by atoms with E-state index in [0.29, 0.717) is 0 Å². The van der Waals surface area contributed by atoms with E-state index in [0.717, 1.165) is 35.2 Å². The normalized spacial score (nSPS) is 23.7. The maximum atomic E-state index is 4.33. The zero-order chi connectivity index (χ0) is 12.5. The molecule has 2 aromatic heterocycles. The molecule has 1 saturated carbocycles. The van der Waals surface area contributed by atoms with Gasteiger partial charge < -0.3 is 5.32 Å². The van der Waals surface area contributed by atoms with Gasteiger partial charge in [0, 0.05) is 13.6 Å². The average molecular weight is 245 g/mol. The average Bonchev–Trinajstić information content (AvgIpc) is 2.95. The fraction of sp³-hybridized carbons (Fsp3) is 0.615. The minimum atomic E-state index is 0.770. The number of anilines is 1. The van der Waals surface area contributed by atoms with Crippen LogP contribution in [0, 0.1) is 11.8 Å². The summed E-state index contributed by atoms with van der Waals surface area (Å²) in [6.07, 6.45) is 7.48. The van der Waals surface area contributed by atoms with E-state index >= 15 is 0 Å². The summed E-state index contributed by atoms with van der Waals surface area (Å²) in [7, 11) is 1.90. The summed E-state index contributed by atoms with van der Waals surface area (Å²) in [5.74, 6) is 2.50. The second-order valence-corrected chi connectivity index (χ2v) is 5.28. The minimum absolute atomic E-state index is 0.770. The molecule has 0 bridgehead atoms. The zero-order valence-corrected chi connectivity index (χ0v) is 10.9. The molecule has 1 fully saturated rings. The van der Waals surface area contributed by atoms with Crippen LogP contribution in [0.3, 0.4) is 0 Å². The van der Waals surface area contributed by atoms with Crippen molar-refractivity contribution >= 4 is 16.9 Å². The molecule has 96 valence electrons. The fourth-order valence-electron chi connectivity index (χ4n) is 2.86. The Bertz CT molecular complexity index is 547. The first-order chi connectivity index (χ1) is 8.75. The summed E-state index contributed by atoms with van der Waals surface area (Å²) in [5, 5.41) is 8.70. The molecule has 0 spiro atoms. The van der Waals surface area contributed by atoms with Crippen LogP contribution < -0.4 is 5.32 Å². The molecule has 1 aliphatic rings. The van der Waals surface area contributed by atoms with Crippen molar-refractivity contribution in [2.75, 3.05) is 11.9 Å². The number of hydrogen-bond donors (Lipinski definition) is 1. The van der Waals surface area contributed by atoms with E-state index in [9.17, 15) is 0 Å². The van der Waals surface area contributed by atoms with E-state index in [4.69, 9.17) is 0 Å². The predicted octanol–water partition coefficient (Wildman–Crippen LogP) is 2.21. The molecule has 0 aromatic carbocycles. The lowest BCUT2D eigenvalue weighted by Crippen LogP contribution is -2.17. The molecular formula is C13H19N5. The van der Waals surface area contributed by atoms with Crippen LogP contribution in [0.4, 0.5) is 5.82 Å². The van der Waals surface area contributed by atoms with Crippen LogP contribution >= 0.6 is 0 Å². The first-order valence-corrected chi connectivity index (χ1v) is 6.62. The van der Waals surface area contributed by atoms with Gasteiger partial charge in [-0.3, -0.25) is 4.68 Å². The summed E-state index contributed by atoms with van der Waals surface area (Å²) >= 11 is 0. The second-order valence-electron chi connectivity index (χ2n) is 5.28. The highest BCUT2D eigenvalue weighted by Crippen LogP contribution is 2.31. The largest absolute Gasteiger partial charge is 0.369 e. The Morgan fingerprint density at radius 1 is 1.39 bits per heavy atom.